The van der Waals surface area contributed by atoms with Gasteiger partial charge in [0.25, 0.3) is 0 Å². The van der Waals surface area contributed by atoms with E-state index in [0.717, 1.165) is 29.7 Å². The maximum Gasteiger partial charge on any atom is 0.344 e. The van der Waals surface area contributed by atoms with Gasteiger partial charge in [-0.2, -0.15) is 10.9 Å². The predicted octanol–water partition coefficient (Wildman–Crippen LogP) is 6.58. The Balaban J connectivity index is 1.27. The maximum absolute atomic E-state index is 12.6. The van der Waals surface area contributed by atoms with E-state index in [2.05, 4.69) is 74.7 Å². The molecule has 0 radical (unpaired) electrons. The van der Waals surface area contributed by atoms with E-state index in [1.165, 1.54) is 32.1 Å². The van der Waals surface area contributed by atoms with Crippen molar-refractivity contribution in [1.82, 2.24) is 0 Å². The standard InChI is InChI=1S/C29H30O3S/c1-19-13-24(33-18-21(3)25-11-7-8-12-26(25)33)14-20(2)28(19)31-17-27(30)32-29(4)15-22-9-5-6-10-23(22)16-29/h5-14,18,33H,15-17H2,1-4H3. The van der Waals surface area contributed by atoms with Gasteiger partial charge in [0.2, 0.25) is 0 Å². The Hall–Kier alpha value is -2.98. The zero-order valence-electron chi connectivity index (χ0n) is 19.6. The van der Waals surface area contributed by atoms with Gasteiger partial charge in [-0.05, 0) is 89.6 Å². The topological polar surface area (TPSA) is 35.5 Å². The summed E-state index contributed by atoms with van der Waals surface area (Å²) in [6.07, 6.45) is 1.50. The van der Waals surface area contributed by atoms with Crippen molar-refractivity contribution in [1.29, 1.82) is 0 Å². The molecular weight excluding hydrogens is 428 g/mol. The van der Waals surface area contributed by atoms with Crippen LogP contribution in [0.25, 0.3) is 5.57 Å². The molecule has 2 aliphatic rings. The van der Waals surface area contributed by atoms with E-state index >= 15 is 0 Å². The molecule has 1 atom stereocenters. The average molecular weight is 459 g/mol. The number of hydrogen-bond acceptors (Lipinski definition) is 3. The van der Waals surface area contributed by atoms with Crippen molar-refractivity contribution in [2.75, 3.05) is 6.61 Å². The van der Waals surface area contributed by atoms with Gasteiger partial charge in [0, 0.05) is 17.7 Å². The highest BCUT2D eigenvalue weighted by Gasteiger charge is 2.36. The highest BCUT2D eigenvalue weighted by Crippen LogP contribution is 2.55. The zero-order valence-corrected chi connectivity index (χ0v) is 20.5. The number of carbonyl (C=O) groups is 1. The van der Waals surface area contributed by atoms with Gasteiger partial charge in [-0.3, -0.25) is 0 Å². The Labute approximate surface area is 198 Å². The van der Waals surface area contributed by atoms with Gasteiger partial charge in [-0.15, -0.1) is 0 Å². The lowest BCUT2D eigenvalue weighted by Gasteiger charge is -2.24. The van der Waals surface area contributed by atoms with Crippen LogP contribution in [0, 0.1) is 13.8 Å². The number of hydrogen-bond donors (Lipinski definition) is 1. The van der Waals surface area contributed by atoms with E-state index in [4.69, 9.17) is 9.47 Å². The highest BCUT2D eigenvalue weighted by atomic mass is 32.2. The molecule has 0 fully saturated rings. The lowest BCUT2D eigenvalue weighted by Crippen LogP contribution is -2.34. The molecule has 3 nitrogen and oxygen atoms in total. The number of rotatable bonds is 5. The number of allylic oxidation sites excluding steroid dienone is 1. The average Bonchev–Trinajstić information content (AvgIpc) is 3.29. The summed E-state index contributed by atoms with van der Waals surface area (Å²) in [5.74, 6) is 0.458. The predicted molar refractivity (Wildman–Crippen MR) is 135 cm³/mol. The summed E-state index contributed by atoms with van der Waals surface area (Å²) in [5.41, 5.74) is 6.82. The van der Waals surface area contributed by atoms with Crippen molar-refractivity contribution in [3.8, 4) is 5.75 Å². The minimum atomic E-state index is -0.510. The van der Waals surface area contributed by atoms with Crippen LogP contribution in [0.15, 0.2) is 75.9 Å². The summed E-state index contributed by atoms with van der Waals surface area (Å²) >= 11 is 0. The van der Waals surface area contributed by atoms with Gasteiger partial charge < -0.3 is 9.47 Å². The number of thiol groups is 1. The number of fused-ring (bicyclic) bond motifs is 2. The molecule has 4 heteroatoms. The van der Waals surface area contributed by atoms with Gasteiger partial charge in [-0.25, -0.2) is 4.79 Å². The molecule has 0 saturated carbocycles. The van der Waals surface area contributed by atoms with Crippen molar-refractivity contribution >= 4 is 22.4 Å². The number of ether oxygens (including phenoxy) is 2. The number of carbonyl (C=O) groups excluding carboxylic acids is 1. The second kappa shape index (κ2) is 8.42. The van der Waals surface area contributed by atoms with Crippen molar-refractivity contribution < 1.29 is 14.3 Å². The fourth-order valence-electron chi connectivity index (χ4n) is 5.14. The quantitative estimate of drug-likeness (QED) is 0.347. The van der Waals surface area contributed by atoms with Crippen molar-refractivity contribution in [2.24, 2.45) is 0 Å². The van der Waals surface area contributed by atoms with Gasteiger partial charge >= 0.3 is 5.97 Å². The van der Waals surface area contributed by atoms with Crippen LogP contribution in [0.3, 0.4) is 0 Å². The summed E-state index contributed by atoms with van der Waals surface area (Å²) in [5, 5.41) is 2.40. The first-order chi connectivity index (χ1) is 15.8. The van der Waals surface area contributed by atoms with Crippen LogP contribution in [0.4, 0.5) is 0 Å². The molecule has 5 rings (SSSR count). The molecule has 0 saturated heterocycles. The van der Waals surface area contributed by atoms with Crippen LogP contribution in [0.5, 0.6) is 5.75 Å². The van der Waals surface area contributed by atoms with Gasteiger partial charge in [0.15, 0.2) is 6.61 Å². The Morgan fingerprint density at radius 3 is 2.21 bits per heavy atom. The maximum atomic E-state index is 12.6. The lowest BCUT2D eigenvalue weighted by molar-refractivity contribution is -0.159. The number of aryl methyl sites for hydroxylation is 2. The molecular formula is C29H30O3S. The van der Waals surface area contributed by atoms with E-state index in [1.54, 1.807) is 0 Å². The minimum Gasteiger partial charge on any atom is -0.481 e. The van der Waals surface area contributed by atoms with Crippen molar-refractivity contribution in [2.45, 2.75) is 55.9 Å². The van der Waals surface area contributed by atoms with Gasteiger partial charge in [0.05, 0.1) is 0 Å². The van der Waals surface area contributed by atoms with E-state index in [0.29, 0.717) is 0 Å². The third-order valence-electron chi connectivity index (χ3n) is 6.58. The summed E-state index contributed by atoms with van der Waals surface area (Å²) in [4.78, 5) is 15.4. The molecule has 0 N–H and O–H groups in total. The highest BCUT2D eigenvalue weighted by molar-refractivity contribution is 8.20. The van der Waals surface area contributed by atoms with Crippen molar-refractivity contribution in [3.63, 3.8) is 0 Å². The minimum absolute atomic E-state index is 0.0798. The molecule has 33 heavy (non-hydrogen) atoms. The Morgan fingerprint density at radius 1 is 0.939 bits per heavy atom. The Kier molecular flexibility index (Phi) is 5.57. The Bertz CT molecular complexity index is 1230. The summed E-state index contributed by atoms with van der Waals surface area (Å²) in [6.45, 7) is 8.23. The fraction of sp³-hybridized carbons (Fsp3) is 0.276. The molecule has 0 aromatic heterocycles. The number of esters is 1. The smallest absolute Gasteiger partial charge is 0.344 e. The monoisotopic (exact) mass is 458 g/mol. The van der Waals surface area contributed by atoms with Crippen LogP contribution in [0.2, 0.25) is 0 Å². The zero-order chi connectivity index (χ0) is 23.2. The van der Waals surface area contributed by atoms with E-state index < -0.39 is 16.5 Å². The summed E-state index contributed by atoms with van der Waals surface area (Å²) in [6, 6.07) is 21.4. The molecule has 3 aromatic carbocycles. The first kappa shape index (κ1) is 21.8. The van der Waals surface area contributed by atoms with Crippen LogP contribution < -0.4 is 4.74 Å². The molecule has 0 spiro atoms. The molecule has 1 unspecified atom stereocenters. The van der Waals surface area contributed by atoms with Crippen LogP contribution in [-0.2, 0) is 22.4 Å². The molecule has 3 aromatic rings. The normalized spacial score (nSPS) is 18.9. The summed E-state index contributed by atoms with van der Waals surface area (Å²) < 4.78 is 11.9. The second-order valence-electron chi connectivity index (χ2n) is 9.44. The molecule has 0 bridgehead atoms. The first-order valence-electron chi connectivity index (χ1n) is 11.4. The number of benzene rings is 3. The first-order valence-corrected chi connectivity index (χ1v) is 12.8. The van der Waals surface area contributed by atoms with Crippen molar-refractivity contribution in [3.05, 3.63) is 93.9 Å². The molecule has 1 aliphatic heterocycles. The van der Waals surface area contributed by atoms with Gasteiger partial charge in [0.1, 0.15) is 11.4 Å². The molecule has 170 valence electrons. The molecule has 1 heterocycles. The summed E-state index contributed by atoms with van der Waals surface area (Å²) in [7, 11) is -0.510. The van der Waals surface area contributed by atoms with Crippen LogP contribution in [0.1, 0.15) is 41.7 Å². The lowest BCUT2D eigenvalue weighted by atomic mass is 10.0. The Morgan fingerprint density at radius 2 is 1.55 bits per heavy atom. The molecule has 1 aliphatic carbocycles. The van der Waals surface area contributed by atoms with E-state index in [-0.39, 0.29) is 12.6 Å². The second-order valence-corrected chi connectivity index (χ2v) is 11.4. The third kappa shape index (κ3) is 4.20. The van der Waals surface area contributed by atoms with E-state index in [9.17, 15) is 4.79 Å². The fourth-order valence-corrected chi connectivity index (χ4v) is 7.65. The van der Waals surface area contributed by atoms with E-state index in [1.807, 2.05) is 19.1 Å². The van der Waals surface area contributed by atoms with Crippen LogP contribution >= 0.6 is 10.9 Å². The van der Waals surface area contributed by atoms with Gasteiger partial charge in [-0.1, -0.05) is 42.5 Å². The van der Waals surface area contributed by atoms with Crippen LogP contribution in [-0.4, -0.2) is 18.2 Å². The molecule has 0 amide bonds. The largest absolute Gasteiger partial charge is 0.481 e. The third-order valence-corrected chi connectivity index (χ3v) is 8.95. The SMILES string of the molecule is CC1=C[SH](c2cc(C)c(OCC(=O)OC3(C)Cc4ccccc4C3)c(C)c2)c2ccccc21.